The van der Waals surface area contributed by atoms with Crippen LogP contribution in [-0.2, 0) is 0 Å². The zero-order valence-corrected chi connectivity index (χ0v) is 11.3. The largest absolute Gasteiger partial charge is 0.490 e. The number of nitrogens with two attached hydrogens (primary N) is 1. The summed E-state index contributed by atoms with van der Waals surface area (Å²) in [5, 5.41) is 10.1. The van der Waals surface area contributed by atoms with Crippen molar-refractivity contribution in [1.82, 2.24) is 5.06 Å². The molecular weight excluding hydrogens is 263 g/mol. The van der Waals surface area contributed by atoms with Gasteiger partial charge in [0.2, 0.25) is 0 Å². The fraction of sp³-hybridized carbons (Fsp3) is 0.500. The molecule has 0 bridgehead atoms. The summed E-state index contributed by atoms with van der Waals surface area (Å²) in [5.74, 6) is 0.464. The average molecular weight is 282 g/mol. The Morgan fingerprint density at radius 3 is 2.70 bits per heavy atom. The molecule has 1 saturated carbocycles. The predicted molar refractivity (Wildman–Crippen MR) is 70.8 cm³/mol. The average Bonchev–Trinajstić information content (AvgIpc) is 2.88. The van der Waals surface area contributed by atoms with Gasteiger partial charge in [-0.15, -0.1) is 0 Å². The number of nitrogens with zero attached hydrogens (tertiary/aromatic N) is 1. The fourth-order valence-electron chi connectivity index (χ4n) is 2.62. The molecule has 0 aromatic heterocycles. The van der Waals surface area contributed by atoms with Gasteiger partial charge in [-0.2, -0.15) is 0 Å². The monoisotopic (exact) mass is 282 g/mol. The van der Waals surface area contributed by atoms with Crippen LogP contribution in [0.5, 0.6) is 5.75 Å². The zero-order chi connectivity index (χ0) is 14.7. The number of urea groups is 1. The molecule has 1 aliphatic carbocycles. The Morgan fingerprint density at radius 2 is 2.10 bits per heavy atom. The number of carbonyl (C=O) groups is 1. The maximum Gasteiger partial charge on any atom is 0.338 e. The molecule has 3 N–H and O–H groups in total. The fourth-order valence-corrected chi connectivity index (χ4v) is 2.62. The molecule has 3 atom stereocenters. The number of hydrogen-bond donors (Lipinski definition) is 2. The number of primary amides is 1. The maximum absolute atomic E-state index is 12.8. The van der Waals surface area contributed by atoms with Crippen LogP contribution < -0.4 is 10.5 Å². The third-order valence-corrected chi connectivity index (χ3v) is 3.84. The topological polar surface area (TPSA) is 75.8 Å². The van der Waals surface area contributed by atoms with Crippen molar-refractivity contribution in [3.8, 4) is 5.75 Å². The number of rotatable bonds is 4. The molecule has 0 heterocycles. The molecule has 1 fully saturated rings. The lowest BCUT2D eigenvalue weighted by Gasteiger charge is -2.26. The summed E-state index contributed by atoms with van der Waals surface area (Å²) in [4.78, 5) is 10.9. The summed E-state index contributed by atoms with van der Waals surface area (Å²) in [6.07, 6.45) is 2.41. The van der Waals surface area contributed by atoms with Crippen molar-refractivity contribution in [1.29, 1.82) is 0 Å². The summed E-state index contributed by atoms with van der Waals surface area (Å²) < 4.78 is 18.6. The van der Waals surface area contributed by atoms with Gasteiger partial charge < -0.3 is 10.5 Å². The summed E-state index contributed by atoms with van der Waals surface area (Å²) in [5.41, 5.74) is 5.05. The quantitative estimate of drug-likeness (QED) is 0.658. The third kappa shape index (κ3) is 3.39. The molecule has 0 radical (unpaired) electrons. The molecule has 6 heteroatoms. The molecule has 2 rings (SSSR count). The van der Waals surface area contributed by atoms with Gasteiger partial charge in [0, 0.05) is 0 Å². The number of hydrogen-bond acceptors (Lipinski definition) is 3. The van der Waals surface area contributed by atoms with Crippen LogP contribution in [-0.4, -0.2) is 28.4 Å². The SMILES string of the molecule is CC(C1CCC(Oc2ccc(F)cc2)C1)N(O)C(N)=O. The van der Waals surface area contributed by atoms with Gasteiger partial charge in [-0.3, -0.25) is 5.21 Å². The highest BCUT2D eigenvalue weighted by molar-refractivity contribution is 5.70. The second kappa shape index (κ2) is 6.09. The number of ether oxygens (including phenoxy) is 1. The Labute approximate surface area is 117 Å². The van der Waals surface area contributed by atoms with Crippen LogP contribution in [0.3, 0.4) is 0 Å². The van der Waals surface area contributed by atoms with Crippen LogP contribution in [0.4, 0.5) is 9.18 Å². The van der Waals surface area contributed by atoms with Gasteiger partial charge >= 0.3 is 6.03 Å². The number of carbonyl (C=O) groups excluding carboxylic acids is 1. The minimum Gasteiger partial charge on any atom is -0.490 e. The number of hydroxylamine groups is 2. The highest BCUT2D eigenvalue weighted by atomic mass is 19.1. The van der Waals surface area contributed by atoms with Crippen molar-refractivity contribution >= 4 is 6.03 Å². The van der Waals surface area contributed by atoms with E-state index in [1.807, 2.05) is 0 Å². The van der Waals surface area contributed by atoms with E-state index in [0.29, 0.717) is 10.8 Å². The maximum atomic E-state index is 12.8. The Hall–Kier alpha value is -1.82. The lowest BCUT2D eigenvalue weighted by Crippen LogP contribution is -2.43. The van der Waals surface area contributed by atoms with Crippen molar-refractivity contribution in [3.63, 3.8) is 0 Å². The van der Waals surface area contributed by atoms with Crippen molar-refractivity contribution in [2.45, 2.75) is 38.3 Å². The molecule has 0 aliphatic heterocycles. The van der Waals surface area contributed by atoms with Crippen LogP contribution in [0, 0.1) is 11.7 Å². The van der Waals surface area contributed by atoms with Crippen LogP contribution in [0.1, 0.15) is 26.2 Å². The molecule has 110 valence electrons. The molecule has 1 aliphatic rings. The Bertz CT molecular complexity index is 466. The Morgan fingerprint density at radius 1 is 1.45 bits per heavy atom. The molecule has 5 nitrogen and oxygen atoms in total. The van der Waals surface area contributed by atoms with Gasteiger partial charge in [0.1, 0.15) is 11.6 Å². The summed E-state index contributed by atoms with van der Waals surface area (Å²) >= 11 is 0. The lowest BCUT2D eigenvalue weighted by molar-refractivity contribution is -0.0856. The molecule has 1 aromatic carbocycles. The van der Waals surface area contributed by atoms with Crippen LogP contribution >= 0.6 is 0 Å². The van der Waals surface area contributed by atoms with Crippen LogP contribution in [0.2, 0.25) is 0 Å². The Kier molecular flexibility index (Phi) is 4.44. The normalized spacial score (nSPS) is 23.4. The minimum absolute atomic E-state index is 0.00851. The first-order valence-electron chi connectivity index (χ1n) is 6.67. The molecule has 20 heavy (non-hydrogen) atoms. The summed E-state index contributed by atoms with van der Waals surface area (Å²) in [6.45, 7) is 1.76. The summed E-state index contributed by atoms with van der Waals surface area (Å²) in [7, 11) is 0. The highest BCUT2D eigenvalue weighted by Crippen LogP contribution is 2.32. The van der Waals surface area contributed by atoms with Crippen LogP contribution in [0.25, 0.3) is 0 Å². The second-order valence-electron chi connectivity index (χ2n) is 5.19. The standard InChI is InChI=1S/C14H19FN2O3/c1-9(17(19)14(16)18)10-2-5-13(8-10)20-12-6-3-11(15)4-7-12/h3-4,6-7,9-10,13,19H,2,5,8H2,1H3,(H2,16,18). The van der Waals surface area contributed by atoms with Gasteiger partial charge in [-0.1, -0.05) is 0 Å². The minimum atomic E-state index is -0.847. The smallest absolute Gasteiger partial charge is 0.338 e. The first-order valence-corrected chi connectivity index (χ1v) is 6.67. The Balaban J connectivity index is 1.89. The van der Waals surface area contributed by atoms with Crippen molar-refractivity contribution < 1.29 is 19.1 Å². The van der Waals surface area contributed by atoms with E-state index in [4.69, 9.17) is 10.5 Å². The molecule has 3 unspecified atom stereocenters. The molecule has 0 spiro atoms. The first-order chi connectivity index (χ1) is 9.47. The van der Waals surface area contributed by atoms with Gasteiger partial charge in [0.25, 0.3) is 0 Å². The van der Waals surface area contributed by atoms with Gasteiger partial charge in [-0.05, 0) is 56.4 Å². The number of amides is 2. The van der Waals surface area contributed by atoms with Gasteiger partial charge in [0.15, 0.2) is 0 Å². The summed E-state index contributed by atoms with van der Waals surface area (Å²) in [6, 6.07) is 4.71. The van der Waals surface area contributed by atoms with Crippen LogP contribution in [0.15, 0.2) is 24.3 Å². The van der Waals surface area contributed by atoms with Gasteiger partial charge in [0.05, 0.1) is 12.1 Å². The van der Waals surface area contributed by atoms with Crippen molar-refractivity contribution in [2.24, 2.45) is 11.7 Å². The third-order valence-electron chi connectivity index (χ3n) is 3.84. The predicted octanol–water partition coefficient (Wildman–Crippen LogP) is 2.53. The van der Waals surface area contributed by atoms with E-state index in [1.54, 1.807) is 19.1 Å². The second-order valence-corrected chi connectivity index (χ2v) is 5.19. The van der Waals surface area contributed by atoms with Gasteiger partial charge in [-0.25, -0.2) is 14.2 Å². The zero-order valence-electron chi connectivity index (χ0n) is 11.3. The first kappa shape index (κ1) is 14.6. The van der Waals surface area contributed by atoms with Crippen molar-refractivity contribution in [3.05, 3.63) is 30.1 Å². The van der Waals surface area contributed by atoms with E-state index in [0.717, 1.165) is 19.3 Å². The molecule has 1 aromatic rings. The molecule has 0 saturated heterocycles. The van der Waals surface area contributed by atoms with E-state index in [1.165, 1.54) is 12.1 Å². The van der Waals surface area contributed by atoms with E-state index in [2.05, 4.69) is 0 Å². The van der Waals surface area contributed by atoms with E-state index >= 15 is 0 Å². The van der Waals surface area contributed by atoms with E-state index < -0.39 is 6.03 Å². The lowest BCUT2D eigenvalue weighted by atomic mass is 9.99. The van der Waals surface area contributed by atoms with E-state index in [-0.39, 0.29) is 23.9 Å². The molecule has 2 amide bonds. The highest BCUT2D eigenvalue weighted by Gasteiger charge is 2.33. The molecular formula is C14H19FN2O3. The van der Waals surface area contributed by atoms with E-state index in [9.17, 15) is 14.4 Å². The number of halogens is 1. The number of benzene rings is 1. The van der Waals surface area contributed by atoms with Crippen molar-refractivity contribution in [2.75, 3.05) is 0 Å².